The van der Waals surface area contributed by atoms with E-state index in [2.05, 4.69) is 15.9 Å². The molecule has 0 N–H and O–H groups in total. The normalized spacial score (nSPS) is 11.4. The Morgan fingerprint density at radius 2 is 1.65 bits per heavy atom. The molecule has 3 rings (SSSR count). The predicted molar refractivity (Wildman–Crippen MR) is 137 cm³/mol. The Hall–Kier alpha value is -2.84. The molecule has 0 unspecified atom stereocenters. The van der Waals surface area contributed by atoms with E-state index >= 15 is 0 Å². The minimum absolute atomic E-state index is 0.0135. The van der Waals surface area contributed by atoms with Gasteiger partial charge in [0.1, 0.15) is 11.5 Å². The Bertz CT molecular complexity index is 1240. The van der Waals surface area contributed by atoms with Gasteiger partial charge in [0.25, 0.3) is 15.9 Å². The van der Waals surface area contributed by atoms with Gasteiger partial charge in [-0.25, -0.2) is 8.42 Å². The van der Waals surface area contributed by atoms with E-state index in [4.69, 9.17) is 9.47 Å². The monoisotopic (exact) mass is 545 g/mol. The van der Waals surface area contributed by atoms with Crippen molar-refractivity contribution in [2.75, 3.05) is 17.5 Å². The van der Waals surface area contributed by atoms with Gasteiger partial charge in [-0.2, -0.15) is 4.31 Å². The van der Waals surface area contributed by atoms with Crippen LogP contribution in [0.1, 0.15) is 37.8 Å². The topological polar surface area (TPSA) is 72.9 Å². The summed E-state index contributed by atoms with van der Waals surface area (Å²) in [7, 11) is -4.17. The van der Waals surface area contributed by atoms with Crippen LogP contribution in [0.25, 0.3) is 0 Å². The van der Waals surface area contributed by atoms with Crippen LogP contribution in [0.3, 0.4) is 0 Å². The van der Waals surface area contributed by atoms with Crippen molar-refractivity contribution in [2.45, 2.75) is 38.5 Å². The van der Waals surface area contributed by atoms with Gasteiger partial charge in [0.2, 0.25) is 0 Å². The number of anilines is 1. The van der Waals surface area contributed by atoms with Crippen LogP contribution in [0, 0.1) is 6.92 Å². The molecule has 0 aromatic heterocycles. The largest absolute Gasteiger partial charge is 0.494 e. The first-order valence-corrected chi connectivity index (χ1v) is 13.2. The minimum atomic E-state index is -4.17. The molecule has 3 aromatic carbocycles. The molecule has 0 saturated heterocycles. The zero-order chi connectivity index (χ0) is 24.9. The van der Waals surface area contributed by atoms with Gasteiger partial charge in [-0.05, 0) is 79.4 Å². The number of hydrogen-bond donors (Lipinski definition) is 0. The fourth-order valence-electron chi connectivity index (χ4n) is 3.40. The SMILES string of the molecule is CCOc1ccc(N(C(=O)COc2cc(C)c(Br)cc2C(C)C)S(=O)(=O)c2ccccc2)cc1. The van der Waals surface area contributed by atoms with Gasteiger partial charge < -0.3 is 9.47 Å². The zero-order valence-electron chi connectivity index (χ0n) is 19.6. The lowest BCUT2D eigenvalue weighted by molar-refractivity contribution is -0.119. The predicted octanol–water partition coefficient (Wildman–Crippen LogP) is 6.08. The second-order valence-electron chi connectivity index (χ2n) is 7.99. The third-order valence-electron chi connectivity index (χ3n) is 5.15. The average Bonchev–Trinajstić information content (AvgIpc) is 2.81. The molecule has 3 aromatic rings. The highest BCUT2D eigenvalue weighted by Crippen LogP contribution is 2.33. The van der Waals surface area contributed by atoms with Crippen LogP contribution < -0.4 is 13.8 Å². The van der Waals surface area contributed by atoms with E-state index in [-0.39, 0.29) is 16.5 Å². The van der Waals surface area contributed by atoms with Crippen LogP contribution in [-0.2, 0) is 14.8 Å². The second-order valence-corrected chi connectivity index (χ2v) is 10.6. The van der Waals surface area contributed by atoms with Crippen LogP contribution in [0.2, 0.25) is 0 Å². The second kappa shape index (κ2) is 11.1. The molecule has 0 fully saturated rings. The van der Waals surface area contributed by atoms with Crippen LogP contribution in [-0.4, -0.2) is 27.5 Å². The summed E-state index contributed by atoms with van der Waals surface area (Å²) in [6, 6.07) is 18.0. The molecule has 0 aliphatic carbocycles. The lowest BCUT2D eigenvalue weighted by Crippen LogP contribution is -2.40. The summed E-state index contributed by atoms with van der Waals surface area (Å²) in [4.78, 5) is 13.4. The summed E-state index contributed by atoms with van der Waals surface area (Å²) in [5.74, 6) is 0.576. The molecule has 8 heteroatoms. The third-order valence-corrected chi connectivity index (χ3v) is 7.77. The highest BCUT2D eigenvalue weighted by Gasteiger charge is 2.31. The van der Waals surface area contributed by atoms with E-state index in [1.807, 2.05) is 39.8 Å². The Morgan fingerprint density at radius 3 is 2.24 bits per heavy atom. The number of carbonyl (C=O) groups excluding carboxylic acids is 1. The number of rotatable bonds is 9. The summed E-state index contributed by atoms with van der Waals surface area (Å²) in [6.45, 7) is 7.87. The standard InChI is InChI=1S/C26H28BrNO5S/c1-5-32-21-13-11-20(12-14-21)28(34(30,31)22-9-7-6-8-10-22)26(29)17-33-25-15-19(4)24(27)16-23(25)18(2)3/h6-16,18H,5,17H2,1-4H3. The van der Waals surface area contributed by atoms with Crippen molar-refractivity contribution >= 4 is 37.5 Å². The quantitative estimate of drug-likeness (QED) is 0.325. The van der Waals surface area contributed by atoms with Crippen LogP contribution in [0.5, 0.6) is 11.5 Å². The highest BCUT2D eigenvalue weighted by molar-refractivity contribution is 9.10. The van der Waals surface area contributed by atoms with Gasteiger partial charge in [0.15, 0.2) is 6.61 Å². The Morgan fingerprint density at radius 1 is 1.00 bits per heavy atom. The first-order chi connectivity index (χ1) is 16.1. The van der Waals surface area contributed by atoms with Crippen molar-refractivity contribution in [1.29, 1.82) is 0 Å². The lowest BCUT2D eigenvalue weighted by Gasteiger charge is -2.24. The number of nitrogens with zero attached hydrogens (tertiary/aromatic N) is 1. The van der Waals surface area contributed by atoms with Crippen LogP contribution >= 0.6 is 15.9 Å². The van der Waals surface area contributed by atoms with E-state index < -0.39 is 22.5 Å². The van der Waals surface area contributed by atoms with E-state index in [9.17, 15) is 13.2 Å². The summed E-state index contributed by atoms with van der Waals surface area (Å²) in [6.07, 6.45) is 0. The van der Waals surface area contributed by atoms with Gasteiger partial charge in [-0.15, -0.1) is 0 Å². The van der Waals surface area contributed by atoms with Crippen molar-refractivity contribution in [1.82, 2.24) is 0 Å². The number of sulfonamides is 1. The van der Waals surface area contributed by atoms with Crippen molar-refractivity contribution in [3.8, 4) is 11.5 Å². The maximum absolute atomic E-state index is 13.5. The first-order valence-electron chi connectivity index (χ1n) is 10.9. The number of carbonyl (C=O) groups is 1. The molecular formula is C26H28BrNO5S. The van der Waals surface area contributed by atoms with Gasteiger partial charge >= 0.3 is 0 Å². The van der Waals surface area contributed by atoms with Gasteiger partial charge in [0.05, 0.1) is 17.2 Å². The molecule has 0 radical (unpaired) electrons. The molecule has 0 atom stereocenters. The molecule has 0 aliphatic rings. The average molecular weight is 546 g/mol. The molecule has 0 saturated carbocycles. The van der Waals surface area contributed by atoms with E-state index in [0.717, 1.165) is 19.9 Å². The molecule has 0 spiro atoms. The first kappa shape index (κ1) is 25.8. The smallest absolute Gasteiger partial charge is 0.278 e. The molecule has 0 heterocycles. The van der Waals surface area contributed by atoms with Crippen molar-refractivity contribution in [2.24, 2.45) is 0 Å². The summed E-state index contributed by atoms with van der Waals surface area (Å²) in [5, 5.41) is 0. The summed E-state index contributed by atoms with van der Waals surface area (Å²) >= 11 is 3.53. The number of amides is 1. The number of ether oxygens (including phenoxy) is 2. The Balaban J connectivity index is 1.97. The van der Waals surface area contributed by atoms with Gasteiger partial charge in [-0.3, -0.25) is 4.79 Å². The lowest BCUT2D eigenvalue weighted by atomic mass is 10.0. The fourth-order valence-corrected chi connectivity index (χ4v) is 5.20. The molecule has 0 bridgehead atoms. The number of halogens is 1. The molecule has 0 aliphatic heterocycles. The molecule has 1 amide bonds. The van der Waals surface area contributed by atoms with E-state index in [0.29, 0.717) is 18.1 Å². The zero-order valence-corrected chi connectivity index (χ0v) is 22.0. The maximum Gasteiger partial charge on any atom is 0.278 e. The van der Waals surface area contributed by atoms with Crippen LogP contribution in [0.4, 0.5) is 5.69 Å². The van der Waals surface area contributed by atoms with Gasteiger partial charge in [0, 0.05) is 4.47 Å². The van der Waals surface area contributed by atoms with Crippen molar-refractivity contribution < 1.29 is 22.7 Å². The Kier molecular flexibility index (Phi) is 8.38. The van der Waals surface area contributed by atoms with Crippen molar-refractivity contribution in [3.63, 3.8) is 0 Å². The van der Waals surface area contributed by atoms with Crippen LogP contribution in [0.15, 0.2) is 76.1 Å². The fraction of sp³-hybridized carbons (Fsp3) is 0.269. The number of aryl methyl sites for hydroxylation is 1. The van der Waals surface area contributed by atoms with Gasteiger partial charge in [-0.1, -0.05) is 48.0 Å². The molecule has 34 heavy (non-hydrogen) atoms. The summed E-state index contributed by atoms with van der Waals surface area (Å²) < 4.78 is 40.0. The van der Waals surface area contributed by atoms with Crippen molar-refractivity contribution in [3.05, 3.63) is 82.3 Å². The Labute approximate surface area is 209 Å². The number of benzene rings is 3. The third kappa shape index (κ3) is 5.80. The van der Waals surface area contributed by atoms with E-state index in [1.165, 1.54) is 12.1 Å². The van der Waals surface area contributed by atoms with E-state index in [1.54, 1.807) is 42.5 Å². The summed E-state index contributed by atoms with van der Waals surface area (Å²) in [5.41, 5.74) is 2.08. The molecular weight excluding hydrogens is 518 g/mol. The molecule has 6 nitrogen and oxygen atoms in total. The minimum Gasteiger partial charge on any atom is -0.494 e. The highest BCUT2D eigenvalue weighted by atomic mass is 79.9. The molecule has 180 valence electrons. The maximum atomic E-state index is 13.5. The number of hydrogen-bond acceptors (Lipinski definition) is 5.